The van der Waals surface area contributed by atoms with E-state index in [1.807, 2.05) is 0 Å². The molecule has 6 heteroatoms. The van der Waals surface area contributed by atoms with Gasteiger partial charge in [0.1, 0.15) is 5.75 Å². The molecule has 0 aliphatic rings. The first-order valence-electron chi connectivity index (χ1n) is 6.24. The average molecular weight is 300 g/mol. The van der Waals surface area contributed by atoms with Crippen molar-refractivity contribution in [1.82, 2.24) is 4.98 Å². The fourth-order valence-corrected chi connectivity index (χ4v) is 2.83. The first-order valence-corrected chi connectivity index (χ1v) is 7.06. The predicted octanol–water partition coefficient (Wildman–Crippen LogP) is 2.85. The molecule has 0 aliphatic heterocycles. The summed E-state index contributed by atoms with van der Waals surface area (Å²) >= 11 is 1.11. The summed E-state index contributed by atoms with van der Waals surface area (Å²) in [4.78, 5) is 26.2. The van der Waals surface area contributed by atoms with Gasteiger partial charge in [-0.2, -0.15) is 0 Å². The van der Waals surface area contributed by atoms with E-state index in [1.165, 1.54) is 7.11 Å². The summed E-state index contributed by atoms with van der Waals surface area (Å²) in [5, 5.41) is 2.81. The Morgan fingerprint density at radius 3 is 2.86 bits per heavy atom. The van der Waals surface area contributed by atoms with Crippen molar-refractivity contribution in [2.24, 2.45) is 0 Å². The van der Waals surface area contributed by atoms with Crippen molar-refractivity contribution >= 4 is 33.1 Å². The lowest BCUT2D eigenvalue weighted by molar-refractivity contribution is 0.102. The molecule has 2 N–H and O–H groups in total. The molecular formula is C15H12N2O3S. The van der Waals surface area contributed by atoms with E-state index in [2.05, 4.69) is 10.3 Å². The number of ether oxygens (including phenoxy) is 1. The number of hydrogen-bond donors (Lipinski definition) is 2. The molecule has 0 radical (unpaired) electrons. The number of benzene rings is 2. The van der Waals surface area contributed by atoms with Gasteiger partial charge >= 0.3 is 4.87 Å². The molecule has 0 fully saturated rings. The lowest BCUT2D eigenvalue weighted by atomic mass is 10.2. The molecule has 0 saturated carbocycles. The first kappa shape index (κ1) is 13.4. The summed E-state index contributed by atoms with van der Waals surface area (Å²) in [5.74, 6) is 0.261. The third kappa shape index (κ3) is 2.66. The highest BCUT2D eigenvalue weighted by atomic mass is 32.1. The van der Waals surface area contributed by atoms with Crippen LogP contribution in [0.3, 0.4) is 0 Å². The molecule has 3 aromatic rings. The molecule has 5 nitrogen and oxygen atoms in total. The second-order valence-corrected chi connectivity index (χ2v) is 5.39. The van der Waals surface area contributed by atoms with Gasteiger partial charge in [0.25, 0.3) is 5.91 Å². The van der Waals surface area contributed by atoms with Crippen molar-refractivity contribution in [2.45, 2.75) is 0 Å². The number of aromatic nitrogens is 1. The summed E-state index contributed by atoms with van der Waals surface area (Å²) in [6.07, 6.45) is 0. The minimum atomic E-state index is -0.255. The van der Waals surface area contributed by atoms with Crippen LogP contribution in [0.25, 0.3) is 10.2 Å². The monoisotopic (exact) mass is 300 g/mol. The largest absolute Gasteiger partial charge is 0.496 e. The van der Waals surface area contributed by atoms with Gasteiger partial charge in [-0.1, -0.05) is 23.5 Å². The van der Waals surface area contributed by atoms with Gasteiger partial charge in [0, 0.05) is 5.69 Å². The zero-order valence-electron chi connectivity index (χ0n) is 11.2. The maximum absolute atomic E-state index is 12.3. The quantitative estimate of drug-likeness (QED) is 0.781. The highest BCUT2D eigenvalue weighted by molar-refractivity contribution is 7.16. The third-order valence-electron chi connectivity index (χ3n) is 3.03. The van der Waals surface area contributed by atoms with Gasteiger partial charge in [-0.05, 0) is 30.3 Å². The number of fused-ring (bicyclic) bond motifs is 1. The van der Waals surface area contributed by atoms with Gasteiger partial charge in [0.05, 0.1) is 22.9 Å². The zero-order valence-corrected chi connectivity index (χ0v) is 12.0. The maximum atomic E-state index is 12.3. The van der Waals surface area contributed by atoms with Crippen molar-refractivity contribution in [2.75, 3.05) is 12.4 Å². The molecule has 0 bridgehead atoms. The fourth-order valence-electron chi connectivity index (χ4n) is 2.05. The van der Waals surface area contributed by atoms with Crippen LogP contribution < -0.4 is 14.9 Å². The summed E-state index contributed by atoms with van der Waals surface area (Å²) in [6, 6.07) is 12.3. The van der Waals surface area contributed by atoms with E-state index in [0.29, 0.717) is 17.0 Å². The van der Waals surface area contributed by atoms with Crippen molar-refractivity contribution in [3.63, 3.8) is 0 Å². The molecule has 0 atom stereocenters. The molecule has 0 aliphatic carbocycles. The number of anilines is 1. The highest BCUT2D eigenvalue weighted by Gasteiger charge is 2.12. The lowest BCUT2D eigenvalue weighted by Crippen LogP contribution is -2.12. The number of carbonyl (C=O) groups excluding carboxylic acids is 1. The van der Waals surface area contributed by atoms with E-state index in [-0.39, 0.29) is 10.8 Å². The Balaban J connectivity index is 1.90. The van der Waals surface area contributed by atoms with Crippen LogP contribution in [0.1, 0.15) is 10.4 Å². The Bertz CT molecular complexity index is 866. The van der Waals surface area contributed by atoms with Crippen molar-refractivity contribution in [3.8, 4) is 5.75 Å². The normalized spacial score (nSPS) is 10.5. The van der Waals surface area contributed by atoms with Gasteiger partial charge in [0.15, 0.2) is 0 Å². The number of H-pyrrole nitrogens is 1. The minimum Gasteiger partial charge on any atom is -0.496 e. The molecule has 3 rings (SSSR count). The molecule has 0 saturated heterocycles. The zero-order chi connectivity index (χ0) is 14.8. The van der Waals surface area contributed by atoms with Gasteiger partial charge in [-0.25, -0.2) is 0 Å². The Hall–Kier alpha value is -2.60. The van der Waals surface area contributed by atoms with E-state index < -0.39 is 0 Å². The number of rotatable bonds is 3. The molecule has 21 heavy (non-hydrogen) atoms. The Labute approximate surface area is 124 Å². The Morgan fingerprint density at radius 1 is 1.24 bits per heavy atom. The predicted molar refractivity (Wildman–Crippen MR) is 83.4 cm³/mol. The smallest absolute Gasteiger partial charge is 0.305 e. The van der Waals surface area contributed by atoms with Crippen LogP contribution in [-0.4, -0.2) is 18.0 Å². The van der Waals surface area contributed by atoms with Gasteiger partial charge < -0.3 is 15.0 Å². The van der Waals surface area contributed by atoms with Crippen LogP contribution in [0.15, 0.2) is 47.3 Å². The standard InChI is InChI=1S/C15H12N2O3S/c1-20-12-5-3-2-4-10(12)14(18)16-9-6-7-11-13(8-9)21-15(19)17-11/h2-8H,1H3,(H,16,18)(H,17,19). The molecule has 1 heterocycles. The van der Waals surface area contributed by atoms with E-state index in [9.17, 15) is 9.59 Å². The first-order chi connectivity index (χ1) is 10.2. The molecule has 1 aromatic heterocycles. The van der Waals surface area contributed by atoms with Crippen LogP contribution in [0.4, 0.5) is 5.69 Å². The second kappa shape index (κ2) is 5.41. The molecule has 2 aromatic carbocycles. The van der Waals surface area contributed by atoms with Gasteiger partial charge in [-0.3, -0.25) is 9.59 Å². The number of para-hydroxylation sites is 1. The summed E-state index contributed by atoms with van der Waals surface area (Å²) < 4.78 is 5.98. The number of carbonyl (C=O) groups is 1. The number of hydrogen-bond acceptors (Lipinski definition) is 4. The number of aromatic amines is 1. The van der Waals surface area contributed by atoms with Crippen LogP contribution in [0, 0.1) is 0 Å². The number of nitrogens with one attached hydrogen (secondary N) is 2. The van der Waals surface area contributed by atoms with E-state index in [4.69, 9.17) is 4.74 Å². The Kier molecular flexibility index (Phi) is 3.45. The van der Waals surface area contributed by atoms with Crippen LogP contribution in [-0.2, 0) is 0 Å². The van der Waals surface area contributed by atoms with Crippen molar-refractivity contribution in [1.29, 1.82) is 0 Å². The molecular weight excluding hydrogens is 288 g/mol. The minimum absolute atomic E-state index is 0.113. The molecule has 1 amide bonds. The van der Waals surface area contributed by atoms with E-state index in [1.54, 1.807) is 42.5 Å². The topological polar surface area (TPSA) is 71.2 Å². The van der Waals surface area contributed by atoms with Crippen LogP contribution in [0.5, 0.6) is 5.75 Å². The Morgan fingerprint density at radius 2 is 2.05 bits per heavy atom. The van der Waals surface area contributed by atoms with E-state index in [0.717, 1.165) is 21.6 Å². The summed E-state index contributed by atoms with van der Waals surface area (Å²) in [6.45, 7) is 0. The lowest BCUT2D eigenvalue weighted by Gasteiger charge is -2.09. The SMILES string of the molecule is COc1ccccc1C(=O)Nc1ccc2[nH]c(=O)sc2c1. The fraction of sp³-hybridized carbons (Fsp3) is 0.0667. The molecule has 0 unspecified atom stereocenters. The van der Waals surface area contributed by atoms with Crippen molar-refractivity contribution in [3.05, 3.63) is 57.7 Å². The number of thiazole rings is 1. The third-order valence-corrected chi connectivity index (χ3v) is 3.88. The van der Waals surface area contributed by atoms with Crippen LogP contribution in [0.2, 0.25) is 0 Å². The van der Waals surface area contributed by atoms with Gasteiger partial charge in [0.2, 0.25) is 0 Å². The van der Waals surface area contributed by atoms with Crippen molar-refractivity contribution < 1.29 is 9.53 Å². The molecule has 106 valence electrons. The summed E-state index contributed by atoms with van der Waals surface area (Å²) in [5.41, 5.74) is 1.86. The average Bonchev–Trinajstić information content (AvgIpc) is 2.86. The maximum Gasteiger partial charge on any atom is 0.305 e. The van der Waals surface area contributed by atoms with Crippen LogP contribution >= 0.6 is 11.3 Å². The number of methoxy groups -OCH3 is 1. The second-order valence-electron chi connectivity index (χ2n) is 4.38. The highest BCUT2D eigenvalue weighted by Crippen LogP contribution is 2.22. The summed E-state index contributed by atoms with van der Waals surface area (Å²) in [7, 11) is 1.52. The van der Waals surface area contributed by atoms with Gasteiger partial charge in [-0.15, -0.1) is 0 Å². The van der Waals surface area contributed by atoms with E-state index >= 15 is 0 Å². The number of amides is 1. The molecule has 0 spiro atoms.